The molecule has 0 amide bonds. The van der Waals surface area contributed by atoms with Gasteiger partial charge in [-0.3, -0.25) is 9.80 Å². The summed E-state index contributed by atoms with van der Waals surface area (Å²) in [5, 5.41) is 0. The first-order valence-corrected chi connectivity index (χ1v) is 12.1. The van der Waals surface area contributed by atoms with Gasteiger partial charge in [-0.25, -0.2) is 9.59 Å². The first-order chi connectivity index (χ1) is 16.0. The van der Waals surface area contributed by atoms with Gasteiger partial charge in [-0.2, -0.15) is 0 Å². The fourth-order valence-electron chi connectivity index (χ4n) is 5.92. The van der Waals surface area contributed by atoms with Crippen LogP contribution in [0.15, 0.2) is 30.3 Å². The number of esters is 2. The fraction of sp³-hybridized carbons (Fsp3) is 0.481. The number of piperazine rings is 1. The van der Waals surface area contributed by atoms with Crippen LogP contribution in [-0.4, -0.2) is 66.1 Å². The Bertz CT molecular complexity index is 1140. The summed E-state index contributed by atoms with van der Waals surface area (Å²) in [6.07, 6.45) is 2.82. The number of rotatable bonds is 6. The summed E-state index contributed by atoms with van der Waals surface area (Å²) >= 11 is 0. The van der Waals surface area contributed by atoms with E-state index in [0.717, 1.165) is 67.7 Å². The molecular weight excluding hydrogens is 416 g/mol. The third kappa shape index (κ3) is 3.56. The molecule has 0 N–H and O–H groups in total. The van der Waals surface area contributed by atoms with Gasteiger partial charge >= 0.3 is 11.9 Å². The van der Waals surface area contributed by atoms with E-state index >= 15 is 0 Å². The molecule has 0 saturated carbocycles. The minimum atomic E-state index is -0.188. The lowest BCUT2D eigenvalue weighted by molar-refractivity contribution is -0.122. The van der Waals surface area contributed by atoms with Crippen molar-refractivity contribution in [2.24, 2.45) is 0 Å². The van der Waals surface area contributed by atoms with Crippen LogP contribution in [0.1, 0.15) is 55.5 Å². The molecule has 6 rings (SSSR count). The quantitative estimate of drug-likeness (QED) is 0.636. The molecule has 172 valence electrons. The fourth-order valence-corrected chi connectivity index (χ4v) is 5.92. The van der Waals surface area contributed by atoms with Gasteiger partial charge in [0.05, 0.1) is 11.1 Å². The molecular formula is C27H30N2O4. The third-order valence-electron chi connectivity index (χ3n) is 8.06. The van der Waals surface area contributed by atoms with Crippen molar-refractivity contribution in [2.75, 3.05) is 26.2 Å². The number of hydrogen-bond donors (Lipinski definition) is 0. The lowest BCUT2D eigenvalue weighted by atomic mass is 9.84. The summed E-state index contributed by atoms with van der Waals surface area (Å²) in [6, 6.07) is 11.6. The Labute approximate surface area is 194 Å². The molecule has 2 aromatic carbocycles. The van der Waals surface area contributed by atoms with Crippen LogP contribution in [-0.2, 0) is 35.3 Å². The van der Waals surface area contributed by atoms with E-state index in [1.165, 1.54) is 16.7 Å². The largest absolute Gasteiger partial charge is 0.459 e. The maximum absolute atomic E-state index is 12.0. The molecule has 3 atom stereocenters. The SMILES string of the molecule is Cc1c(CCN2CC3[C@@H]2CN3CCc2ccc3c(c2)CC(C)OC3=O)ccc2c1COC2=O. The van der Waals surface area contributed by atoms with Gasteiger partial charge in [0.1, 0.15) is 12.7 Å². The van der Waals surface area contributed by atoms with E-state index < -0.39 is 0 Å². The molecule has 2 unspecified atom stereocenters. The molecule has 0 radical (unpaired) electrons. The summed E-state index contributed by atoms with van der Waals surface area (Å²) in [4.78, 5) is 29.0. The molecule has 0 aromatic heterocycles. The van der Waals surface area contributed by atoms with Crippen LogP contribution >= 0.6 is 0 Å². The smallest absolute Gasteiger partial charge is 0.338 e. The second-order valence-electron chi connectivity index (χ2n) is 9.99. The highest BCUT2D eigenvalue weighted by Gasteiger charge is 2.50. The van der Waals surface area contributed by atoms with Gasteiger partial charge in [-0.05, 0) is 61.1 Å². The van der Waals surface area contributed by atoms with Gasteiger partial charge in [0.25, 0.3) is 0 Å². The van der Waals surface area contributed by atoms with Gasteiger partial charge in [-0.15, -0.1) is 0 Å². The molecule has 2 aromatic rings. The predicted molar refractivity (Wildman–Crippen MR) is 123 cm³/mol. The summed E-state index contributed by atoms with van der Waals surface area (Å²) in [5.74, 6) is -0.375. The Morgan fingerprint density at radius 2 is 1.67 bits per heavy atom. The maximum atomic E-state index is 12.0. The second kappa shape index (κ2) is 7.96. The molecule has 4 heterocycles. The highest BCUT2D eigenvalue weighted by Crippen LogP contribution is 2.34. The highest BCUT2D eigenvalue weighted by atomic mass is 16.5. The van der Waals surface area contributed by atoms with E-state index in [1.807, 2.05) is 19.1 Å². The number of carbonyl (C=O) groups is 2. The van der Waals surface area contributed by atoms with Crippen molar-refractivity contribution < 1.29 is 19.1 Å². The molecule has 0 aliphatic carbocycles. The zero-order valence-corrected chi connectivity index (χ0v) is 19.3. The van der Waals surface area contributed by atoms with E-state index in [9.17, 15) is 9.59 Å². The number of likely N-dealkylation sites (tertiary alicyclic amines) is 2. The van der Waals surface area contributed by atoms with Crippen LogP contribution in [0.3, 0.4) is 0 Å². The Kier molecular flexibility index (Phi) is 5.03. The van der Waals surface area contributed by atoms with E-state index in [1.54, 1.807) is 0 Å². The van der Waals surface area contributed by atoms with Crippen LogP contribution in [0.25, 0.3) is 0 Å². The summed E-state index contributed by atoms with van der Waals surface area (Å²) < 4.78 is 10.5. The Hall–Kier alpha value is -2.70. The van der Waals surface area contributed by atoms with Crippen LogP contribution < -0.4 is 0 Å². The van der Waals surface area contributed by atoms with Crippen LogP contribution in [0, 0.1) is 6.92 Å². The first kappa shape index (κ1) is 20.9. The van der Waals surface area contributed by atoms with Crippen molar-refractivity contribution >= 4 is 11.9 Å². The van der Waals surface area contributed by atoms with Gasteiger partial charge in [0.2, 0.25) is 0 Å². The predicted octanol–water partition coefficient (Wildman–Crippen LogP) is 2.92. The van der Waals surface area contributed by atoms with Crippen molar-refractivity contribution in [3.63, 3.8) is 0 Å². The molecule has 0 bridgehead atoms. The van der Waals surface area contributed by atoms with E-state index in [2.05, 4.69) is 34.9 Å². The zero-order valence-electron chi connectivity index (χ0n) is 19.3. The summed E-state index contributed by atoms with van der Waals surface area (Å²) in [7, 11) is 0. The van der Waals surface area contributed by atoms with Crippen LogP contribution in [0.2, 0.25) is 0 Å². The van der Waals surface area contributed by atoms with Crippen LogP contribution in [0.5, 0.6) is 0 Å². The highest BCUT2D eigenvalue weighted by molar-refractivity contribution is 5.94. The minimum Gasteiger partial charge on any atom is -0.459 e. The lowest BCUT2D eigenvalue weighted by Crippen LogP contribution is -2.78. The molecule has 4 aliphatic rings. The van der Waals surface area contributed by atoms with Crippen molar-refractivity contribution in [1.29, 1.82) is 0 Å². The molecule has 0 spiro atoms. The summed E-state index contributed by atoms with van der Waals surface area (Å²) in [5.41, 5.74) is 7.53. The molecule has 2 saturated heterocycles. The molecule has 2 fully saturated rings. The van der Waals surface area contributed by atoms with Crippen molar-refractivity contribution in [3.05, 3.63) is 69.3 Å². The van der Waals surface area contributed by atoms with Crippen molar-refractivity contribution in [2.45, 2.75) is 57.9 Å². The minimum absolute atomic E-state index is 0.0335. The average Bonchev–Trinajstić information content (AvgIpc) is 3.16. The number of nitrogens with zero attached hydrogens (tertiary/aromatic N) is 2. The Morgan fingerprint density at radius 3 is 2.42 bits per heavy atom. The third-order valence-corrected chi connectivity index (χ3v) is 8.06. The standard InChI is InChI=1S/C27H30N2O4/c1-16-11-20-12-18(3-5-21(20)27(31)33-16)7-9-28-13-25-24(28)14-29(25)10-8-19-4-6-22-23(17(19)2)15-32-26(22)30/h3-6,12,16,24-25H,7-11,13-15H2,1-2H3/t16?,24?,25-/m0/s1. The number of ether oxygens (including phenoxy) is 2. The lowest BCUT2D eigenvalue weighted by Gasteiger charge is -2.62. The molecule has 6 heteroatoms. The Balaban J connectivity index is 0.991. The van der Waals surface area contributed by atoms with Gasteiger partial charge < -0.3 is 9.47 Å². The van der Waals surface area contributed by atoms with Crippen molar-refractivity contribution in [3.8, 4) is 0 Å². The normalized spacial score (nSPS) is 25.9. The zero-order chi connectivity index (χ0) is 22.7. The van der Waals surface area contributed by atoms with Gasteiger partial charge in [0, 0.05) is 50.2 Å². The first-order valence-electron chi connectivity index (χ1n) is 12.1. The number of cyclic esters (lactones) is 2. The molecule has 4 aliphatic heterocycles. The summed E-state index contributed by atoms with van der Waals surface area (Å²) in [6.45, 7) is 8.93. The number of hydrogen-bond acceptors (Lipinski definition) is 6. The van der Waals surface area contributed by atoms with E-state index in [0.29, 0.717) is 18.7 Å². The number of fused-ring (bicyclic) bond motifs is 3. The van der Waals surface area contributed by atoms with E-state index in [4.69, 9.17) is 9.47 Å². The monoisotopic (exact) mass is 446 g/mol. The number of benzene rings is 2. The maximum Gasteiger partial charge on any atom is 0.338 e. The molecule has 6 nitrogen and oxygen atoms in total. The van der Waals surface area contributed by atoms with Crippen LogP contribution in [0.4, 0.5) is 0 Å². The second-order valence-corrected chi connectivity index (χ2v) is 9.99. The topological polar surface area (TPSA) is 59.1 Å². The van der Waals surface area contributed by atoms with E-state index in [-0.39, 0.29) is 18.0 Å². The Morgan fingerprint density at radius 1 is 0.939 bits per heavy atom. The molecule has 33 heavy (non-hydrogen) atoms. The number of carbonyl (C=O) groups excluding carboxylic acids is 2. The van der Waals surface area contributed by atoms with Gasteiger partial charge in [-0.1, -0.05) is 18.2 Å². The van der Waals surface area contributed by atoms with Gasteiger partial charge in [0.15, 0.2) is 0 Å². The average molecular weight is 447 g/mol. The van der Waals surface area contributed by atoms with Crippen molar-refractivity contribution in [1.82, 2.24) is 9.80 Å².